The molecule has 7 heteroatoms. The molecule has 4 rings (SSSR count). The van der Waals surface area contributed by atoms with Crippen molar-refractivity contribution in [3.63, 3.8) is 0 Å². The van der Waals surface area contributed by atoms with Crippen LogP contribution in [0.5, 0.6) is 0 Å². The predicted octanol–water partition coefficient (Wildman–Crippen LogP) is 3.42. The number of nitrogens with zero attached hydrogens (tertiary/aromatic N) is 3. The number of rotatable bonds is 4. The Bertz CT molecular complexity index is 1130. The van der Waals surface area contributed by atoms with Crippen molar-refractivity contribution in [1.82, 2.24) is 14.5 Å². The third-order valence-electron chi connectivity index (χ3n) is 5.20. The second kappa shape index (κ2) is 8.62. The number of benzene rings is 2. The second-order valence-electron chi connectivity index (χ2n) is 7.68. The van der Waals surface area contributed by atoms with Crippen molar-refractivity contribution < 1.29 is 9.53 Å². The van der Waals surface area contributed by atoms with Crippen molar-refractivity contribution in [3.05, 3.63) is 64.4 Å². The number of para-hydroxylation sites is 2. The average Bonchev–Trinajstić information content (AvgIpc) is 2.72. The standard InChI is InChI=1S/C23H25N3O3S/c1-15-8-4-7-11-20(15)26-22(28)18-9-5-6-10-19(18)24-23(26)30-14-21(27)25-12-16(2)29-17(3)13-25/h4-11,16-17H,12-14H2,1-3H3/t16-,17-/m0/s1. The van der Waals surface area contributed by atoms with Crippen LogP contribution in [0.2, 0.25) is 0 Å². The number of thioether (sulfide) groups is 1. The van der Waals surface area contributed by atoms with Gasteiger partial charge >= 0.3 is 0 Å². The molecule has 1 aliphatic heterocycles. The molecule has 2 atom stereocenters. The highest BCUT2D eigenvalue weighted by molar-refractivity contribution is 7.99. The first kappa shape index (κ1) is 20.6. The van der Waals surface area contributed by atoms with Crippen LogP contribution in [0.15, 0.2) is 58.5 Å². The van der Waals surface area contributed by atoms with Crippen LogP contribution >= 0.6 is 11.8 Å². The quantitative estimate of drug-likeness (QED) is 0.475. The zero-order valence-electron chi connectivity index (χ0n) is 17.4. The van der Waals surface area contributed by atoms with Gasteiger partial charge in [-0.1, -0.05) is 42.1 Å². The summed E-state index contributed by atoms with van der Waals surface area (Å²) in [5.74, 6) is 0.247. The van der Waals surface area contributed by atoms with Crippen LogP contribution in [0.1, 0.15) is 19.4 Å². The minimum absolute atomic E-state index is 0.0200. The molecule has 0 aliphatic carbocycles. The third-order valence-corrected chi connectivity index (χ3v) is 6.12. The van der Waals surface area contributed by atoms with E-state index in [2.05, 4.69) is 0 Å². The molecule has 156 valence electrons. The first-order valence-electron chi connectivity index (χ1n) is 10.1. The molecule has 2 aromatic carbocycles. The molecule has 0 saturated carbocycles. The maximum Gasteiger partial charge on any atom is 0.266 e. The molecular weight excluding hydrogens is 398 g/mol. The van der Waals surface area contributed by atoms with Crippen molar-refractivity contribution in [1.29, 1.82) is 0 Å². The van der Waals surface area contributed by atoms with Crippen molar-refractivity contribution in [2.75, 3.05) is 18.8 Å². The normalized spacial score (nSPS) is 19.2. The molecule has 0 unspecified atom stereocenters. The lowest BCUT2D eigenvalue weighted by atomic mass is 10.2. The highest BCUT2D eigenvalue weighted by atomic mass is 32.2. The second-order valence-corrected chi connectivity index (χ2v) is 8.63. The van der Waals surface area contributed by atoms with E-state index in [0.29, 0.717) is 29.1 Å². The monoisotopic (exact) mass is 423 g/mol. The first-order valence-corrected chi connectivity index (χ1v) is 11.1. The minimum Gasteiger partial charge on any atom is -0.372 e. The molecule has 2 heterocycles. The van der Waals surface area contributed by atoms with E-state index in [-0.39, 0.29) is 29.4 Å². The fourth-order valence-corrected chi connectivity index (χ4v) is 4.74. The molecule has 1 aromatic heterocycles. The van der Waals surface area contributed by atoms with Crippen LogP contribution in [0, 0.1) is 6.92 Å². The largest absolute Gasteiger partial charge is 0.372 e. The van der Waals surface area contributed by atoms with E-state index in [9.17, 15) is 9.59 Å². The van der Waals surface area contributed by atoms with Crippen LogP contribution in [0.4, 0.5) is 0 Å². The SMILES string of the molecule is Cc1ccccc1-n1c(SCC(=O)N2C[C@H](C)O[C@@H](C)C2)nc2ccccc2c1=O. The van der Waals surface area contributed by atoms with Crippen molar-refractivity contribution in [3.8, 4) is 5.69 Å². The molecule has 0 radical (unpaired) electrons. The van der Waals surface area contributed by atoms with Gasteiger partial charge in [-0.15, -0.1) is 0 Å². The van der Waals surface area contributed by atoms with Crippen molar-refractivity contribution >= 4 is 28.6 Å². The number of hydrogen-bond donors (Lipinski definition) is 0. The first-order chi connectivity index (χ1) is 14.4. The topological polar surface area (TPSA) is 64.4 Å². The highest BCUT2D eigenvalue weighted by Crippen LogP contribution is 2.24. The van der Waals surface area contributed by atoms with Crippen LogP contribution in [-0.4, -0.2) is 51.4 Å². The fourth-order valence-electron chi connectivity index (χ4n) is 3.84. The Hall–Kier alpha value is -2.64. The van der Waals surface area contributed by atoms with Gasteiger partial charge in [0.25, 0.3) is 5.56 Å². The van der Waals surface area contributed by atoms with Gasteiger partial charge in [-0.25, -0.2) is 4.98 Å². The Kier molecular flexibility index (Phi) is 5.92. The molecule has 0 spiro atoms. The molecule has 1 fully saturated rings. The van der Waals surface area contributed by atoms with E-state index in [0.717, 1.165) is 11.3 Å². The van der Waals surface area contributed by atoms with Gasteiger partial charge in [-0.05, 0) is 44.5 Å². The molecule has 0 N–H and O–H groups in total. The number of carbonyl (C=O) groups is 1. The van der Waals surface area contributed by atoms with Gasteiger partial charge in [-0.3, -0.25) is 14.2 Å². The van der Waals surface area contributed by atoms with Gasteiger partial charge in [-0.2, -0.15) is 0 Å². The summed E-state index contributed by atoms with van der Waals surface area (Å²) in [6.45, 7) is 7.08. The van der Waals surface area contributed by atoms with Gasteiger partial charge in [0.1, 0.15) is 0 Å². The van der Waals surface area contributed by atoms with Crippen LogP contribution in [0.3, 0.4) is 0 Å². The van der Waals surface area contributed by atoms with Crippen LogP contribution in [-0.2, 0) is 9.53 Å². The molecular formula is C23H25N3O3S. The highest BCUT2D eigenvalue weighted by Gasteiger charge is 2.26. The van der Waals surface area contributed by atoms with Crippen molar-refractivity contribution in [2.24, 2.45) is 0 Å². The molecule has 6 nitrogen and oxygen atoms in total. The van der Waals surface area contributed by atoms with Gasteiger partial charge in [0.15, 0.2) is 5.16 Å². The van der Waals surface area contributed by atoms with E-state index in [1.165, 1.54) is 11.8 Å². The third kappa shape index (κ3) is 4.13. The van der Waals surface area contributed by atoms with E-state index in [1.807, 2.05) is 68.1 Å². The zero-order valence-corrected chi connectivity index (χ0v) is 18.2. The Morgan fingerprint density at radius 2 is 1.77 bits per heavy atom. The number of amides is 1. The van der Waals surface area contributed by atoms with Crippen molar-refractivity contribution in [2.45, 2.75) is 38.1 Å². The smallest absolute Gasteiger partial charge is 0.266 e. The van der Waals surface area contributed by atoms with Gasteiger partial charge in [0.2, 0.25) is 5.91 Å². The lowest BCUT2D eigenvalue weighted by Gasteiger charge is -2.35. The minimum atomic E-state index is -0.126. The number of hydrogen-bond acceptors (Lipinski definition) is 5. The van der Waals surface area contributed by atoms with Gasteiger partial charge in [0.05, 0.1) is 34.6 Å². The Balaban J connectivity index is 1.69. The van der Waals surface area contributed by atoms with Crippen LogP contribution in [0.25, 0.3) is 16.6 Å². The molecule has 30 heavy (non-hydrogen) atoms. The van der Waals surface area contributed by atoms with E-state index in [4.69, 9.17) is 9.72 Å². The van der Waals surface area contributed by atoms with E-state index < -0.39 is 0 Å². The number of fused-ring (bicyclic) bond motifs is 1. The number of aromatic nitrogens is 2. The Morgan fingerprint density at radius 3 is 2.50 bits per heavy atom. The lowest BCUT2D eigenvalue weighted by Crippen LogP contribution is -2.48. The van der Waals surface area contributed by atoms with E-state index in [1.54, 1.807) is 10.6 Å². The summed E-state index contributed by atoms with van der Waals surface area (Å²) in [5.41, 5.74) is 2.26. The molecule has 3 aromatic rings. The summed E-state index contributed by atoms with van der Waals surface area (Å²) in [5, 5.41) is 1.09. The zero-order chi connectivity index (χ0) is 21.3. The predicted molar refractivity (Wildman–Crippen MR) is 119 cm³/mol. The lowest BCUT2D eigenvalue weighted by molar-refractivity contribution is -0.140. The number of morpholine rings is 1. The Labute approximate surface area is 179 Å². The fraction of sp³-hybridized carbons (Fsp3) is 0.348. The Morgan fingerprint density at radius 1 is 1.10 bits per heavy atom. The maximum atomic E-state index is 13.3. The number of ether oxygens (including phenoxy) is 1. The summed E-state index contributed by atoms with van der Waals surface area (Å²) in [6.07, 6.45) is 0.0401. The number of aryl methyl sites for hydroxylation is 1. The average molecular weight is 424 g/mol. The maximum absolute atomic E-state index is 13.3. The number of carbonyl (C=O) groups excluding carboxylic acids is 1. The molecule has 1 amide bonds. The summed E-state index contributed by atoms with van der Waals surface area (Å²) < 4.78 is 7.35. The summed E-state index contributed by atoms with van der Waals surface area (Å²) in [6, 6.07) is 15.0. The van der Waals surface area contributed by atoms with Gasteiger partial charge < -0.3 is 9.64 Å². The summed E-state index contributed by atoms with van der Waals surface area (Å²) >= 11 is 1.30. The van der Waals surface area contributed by atoms with E-state index >= 15 is 0 Å². The van der Waals surface area contributed by atoms with Crippen LogP contribution < -0.4 is 5.56 Å². The summed E-state index contributed by atoms with van der Waals surface area (Å²) in [4.78, 5) is 32.8. The molecule has 1 aliphatic rings. The molecule has 1 saturated heterocycles. The molecule has 0 bridgehead atoms. The van der Waals surface area contributed by atoms with Gasteiger partial charge in [0, 0.05) is 13.1 Å². The summed E-state index contributed by atoms with van der Waals surface area (Å²) in [7, 11) is 0.